The molecule has 3 amide bonds. The summed E-state index contributed by atoms with van der Waals surface area (Å²) in [6, 6.07) is 3.87. The van der Waals surface area contributed by atoms with Gasteiger partial charge >= 0.3 is 0 Å². The van der Waals surface area contributed by atoms with Gasteiger partial charge in [-0.1, -0.05) is 12.1 Å². The summed E-state index contributed by atoms with van der Waals surface area (Å²) in [6.07, 6.45) is -1.90. The highest BCUT2D eigenvalue weighted by molar-refractivity contribution is 6.05. The van der Waals surface area contributed by atoms with Crippen LogP contribution >= 0.6 is 0 Å². The zero-order valence-electron chi connectivity index (χ0n) is 15.3. The number of imide groups is 1. The first-order valence-corrected chi connectivity index (χ1v) is 9.43. The van der Waals surface area contributed by atoms with E-state index in [4.69, 9.17) is 0 Å². The standard InChI is InChI=1S/C19H22F2N4O3/c20-17(21)15-8-22-5-6-24(15)9-11-1-2-13-12(7-11)10-25(19(13)28)14-3-4-16(26)23-18(14)27/h1-2,7,14-15,17,22H,3-6,8-10H2,(H,23,26,27). The molecule has 0 aliphatic carbocycles. The van der Waals surface area contributed by atoms with Crippen LogP contribution in [-0.4, -0.2) is 65.7 Å². The summed E-state index contributed by atoms with van der Waals surface area (Å²) < 4.78 is 26.5. The number of rotatable bonds is 4. The van der Waals surface area contributed by atoms with Crippen molar-refractivity contribution in [2.24, 2.45) is 0 Å². The molecule has 4 rings (SSSR count). The summed E-state index contributed by atoms with van der Waals surface area (Å²) in [5.74, 6) is -1.00. The summed E-state index contributed by atoms with van der Waals surface area (Å²) >= 11 is 0. The molecule has 3 aliphatic rings. The molecule has 0 saturated carbocycles. The van der Waals surface area contributed by atoms with Gasteiger partial charge in [-0.25, -0.2) is 8.78 Å². The van der Waals surface area contributed by atoms with E-state index in [1.165, 1.54) is 4.90 Å². The largest absolute Gasteiger partial charge is 0.322 e. The van der Waals surface area contributed by atoms with E-state index < -0.39 is 24.4 Å². The van der Waals surface area contributed by atoms with Gasteiger partial charge < -0.3 is 10.2 Å². The van der Waals surface area contributed by atoms with E-state index in [2.05, 4.69) is 10.6 Å². The molecule has 2 unspecified atom stereocenters. The number of carbonyl (C=O) groups excluding carboxylic acids is 3. The third-order valence-corrected chi connectivity index (χ3v) is 5.66. The van der Waals surface area contributed by atoms with E-state index in [9.17, 15) is 23.2 Å². The maximum Gasteiger partial charge on any atom is 0.255 e. The highest BCUT2D eigenvalue weighted by Gasteiger charge is 2.39. The van der Waals surface area contributed by atoms with Gasteiger partial charge in [0.05, 0.1) is 6.04 Å². The molecule has 3 heterocycles. The number of hydrogen-bond acceptors (Lipinski definition) is 5. The van der Waals surface area contributed by atoms with Gasteiger partial charge in [0.15, 0.2) is 0 Å². The summed E-state index contributed by atoms with van der Waals surface area (Å²) in [5.41, 5.74) is 2.18. The van der Waals surface area contributed by atoms with Crippen LogP contribution in [0.1, 0.15) is 34.3 Å². The molecule has 2 saturated heterocycles. The van der Waals surface area contributed by atoms with Gasteiger partial charge in [0, 0.05) is 44.7 Å². The van der Waals surface area contributed by atoms with Crippen molar-refractivity contribution < 1.29 is 23.2 Å². The lowest BCUT2D eigenvalue weighted by Gasteiger charge is -2.35. The number of piperidine rings is 1. The Morgan fingerprint density at radius 3 is 2.79 bits per heavy atom. The fourth-order valence-corrected chi connectivity index (χ4v) is 4.17. The van der Waals surface area contributed by atoms with Crippen LogP contribution in [0.3, 0.4) is 0 Å². The first kappa shape index (κ1) is 18.9. The van der Waals surface area contributed by atoms with Crippen LogP contribution in [0.2, 0.25) is 0 Å². The Morgan fingerprint density at radius 1 is 1.21 bits per heavy atom. The maximum absolute atomic E-state index is 13.3. The lowest BCUT2D eigenvalue weighted by atomic mass is 10.0. The number of halogens is 2. The Bertz CT molecular complexity index is 816. The predicted octanol–water partition coefficient (Wildman–Crippen LogP) is 0.487. The minimum atomic E-state index is -2.42. The van der Waals surface area contributed by atoms with Gasteiger partial charge in [-0.05, 0) is 23.6 Å². The van der Waals surface area contributed by atoms with Crippen molar-refractivity contribution in [1.82, 2.24) is 20.4 Å². The number of nitrogens with zero attached hydrogens (tertiary/aromatic N) is 2. The third-order valence-electron chi connectivity index (χ3n) is 5.66. The Hall–Kier alpha value is -2.39. The summed E-state index contributed by atoms with van der Waals surface area (Å²) in [5, 5.41) is 5.27. The van der Waals surface area contributed by atoms with Crippen LogP contribution in [0, 0.1) is 0 Å². The minimum absolute atomic E-state index is 0.208. The second-order valence-corrected chi connectivity index (χ2v) is 7.47. The van der Waals surface area contributed by atoms with E-state index in [0.29, 0.717) is 31.6 Å². The topological polar surface area (TPSA) is 81.8 Å². The Balaban J connectivity index is 1.49. The van der Waals surface area contributed by atoms with Gasteiger partial charge in [0.25, 0.3) is 12.3 Å². The lowest BCUT2D eigenvalue weighted by Crippen LogP contribution is -2.53. The molecule has 2 fully saturated rings. The fourth-order valence-electron chi connectivity index (χ4n) is 4.17. The number of benzene rings is 1. The van der Waals surface area contributed by atoms with Crippen LogP contribution in [0.4, 0.5) is 8.78 Å². The van der Waals surface area contributed by atoms with Crippen LogP contribution < -0.4 is 10.6 Å². The first-order chi connectivity index (χ1) is 13.4. The van der Waals surface area contributed by atoms with Crippen LogP contribution in [0.25, 0.3) is 0 Å². The van der Waals surface area contributed by atoms with E-state index >= 15 is 0 Å². The summed E-state index contributed by atoms with van der Waals surface area (Å²) in [7, 11) is 0. The molecule has 0 bridgehead atoms. The number of alkyl halides is 2. The number of hydrogen-bond donors (Lipinski definition) is 2. The second-order valence-electron chi connectivity index (χ2n) is 7.47. The summed E-state index contributed by atoms with van der Waals surface area (Å²) in [4.78, 5) is 39.4. The molecule has 2 atom stereocenters. The fraction of sp³-hybridized carbons (Fsp3) is 0.526. The van der Waals surface area contributed by atoms with Crippen LogP contribution in [-0.2, 0) is 22.7 Å². The highest BCUT2D eigenvalue weighted by Crippen LogP contribution is 2.29. The van der Waals surface area contributed by atoms with Gasteiger partial charge in [-0.3, -0.25) is 24.6 Å². The maximum atomic E-state index is 13.3. The van der Waals surface area contributed by atoms with E-state index in [0.717, 1.165) is 11.1 Å². The van der Waals surface area contributed by atoms with Gasteiger partial charge in [0.2, 0.25) is 11.8 Å². The molecular formula is C19H22F2N4O3. The molecule has 7 nitrogen and oxygen atoms in total. The molecular weight excluding hydrogens is 370 g/mol. The second kappa shape index (κ2) is 7.56. The third kappa shape index (κ3) is 3.51. The molecule has 9 heteroatoms. The van der Waals surface area contributed by atoms with E-state index in [-0.39, 0.29) is 31.3 Å². The minimum Gasteiger partial charge on any atom is -0.322 e. The molecule has 150 valence electrons. The first-order valence-electron chi connectivity index (χ1n) is 9.43. The number of piperazine rings is 1. The summed E-state index contributed by atoms with van der Waals surface area (Å²) in [6.45, 7) is 2.12. The molecule has 1 aromatic rings. The number of carbonyl (C=O) groups is 3. The molecule has 0 spiro atoms. The Labute approximate surface area is 161 Å². The zero-order valence-corrected chi connectivity index (χ0v) is 15.3. The van der Waals surface area contributed by atoms with Crippen LogP contribution in [0.15, 0.2) is 18.2 Å². The lowest BCUT2D eigenvalue weighted by molar-refractivity contribution is -0.136. The zero-order chi connectivity index (χ0) is 19.8. The van der Waals surface area contributed by atoms with Gasteiger partial charge in [-0.15, -0.1) is 0 Å². The van der Waals surface area contributed by atoms with Crippen molar-refractivity contribution in [3.05, 3.63) is 34.9 Å². The quantitative estimate of drug-likeness (QED) is 0.729. The van der Waals surface area contributed by atoms with Crippen molar-refractivity contribution in [2.45, 2.75) is 44.4 Å². The van der Waals surface area contributed by atoms with Gasteiger partial charge in [0.1, 0.15) is 6.04 Å². The monoisotopic (exact) mass is 392 g/mol. The number of fused-ring (bicyclic) bond motifs is 1. The average Bonchev–Trinajstić information content (AvgIpc) is 2.98. The van der Waals surface area contributed by atoms with Gasteiger partial charge in [-0.2, -0.15) is 0 Å². The molecule has 3 aliphatic heterocycles. The van der Waals surface area contributed by atoms with Crippen molar-refractivity contribution >= 4 is 17.7 Å². The van der Waals surface area contributed by atoms with Crippen molar-refractivity contribution in [3.8, 4) is 0 Å². The Morgan fingerprint density at radius 2 is 2.04 bits per heavy atom. The molecule has 28 heavy (non-hydrogen) atoms. The smallest absolute Gasteiger partial charge is 0.255 e. The molecule has 0 aromatic heterocycles. The molecule has 0 radical (unpaired) electrons. The number of amides is 3. The van der Waals surface area contributed by atoms with Crippen molar-refractivity contribution in [3.63, 3.8) is 0 Å². The van der Waals surface area contributed by atoms with Crippen molar-refractivity contribution in [1.29, 1.82) is 0 Å². The van der Waals surface area contributed by atoms with Crippen LogP contribution in [0.5, 0.6) is 0 Å². The van der Waals surface area contributed by atoms with Crippen molar-refractivity contribution in [2.75, 3.05) is 19.6 Å². The highest BCUT2D eigenvalue weighted by atomic mass is 19.3. The van der Waals surface area contributed by atoms with E-state index in [1.54, 1.807) is 17.0 Å². The predicted molar refractivity (Wildman–Crippen MR) is 95.6 cm³/mol. The molecule has 1 aromatic carbocycles. The Kier molecular flexibility index (Phi) is 5.11. The average molecular weight is 392 g/mol. The number of nitrogens with one attached hydrogen (secondary N) is 2. The molecule has 2 N–H and O–H groups in total. The SMILES string of the molecule is O=C1CCC(N2Cc3cc(CN4CCNCC4C(F)F)ccc3C2=O)C(=O)N1. The van der Waals surface area contributed by atoms with E-state index in [1.807, 2.05) is 6.07 Å². The normalized spacial score (nSPS) is 26.0.